The van der Waals surface area contributed by atoms with Gasteiger partial charge >= 0.3 is 0 Å². The smallest absolute Gasteiger partial charge is 0.226 e. The highest BCUT2D eigenvalue weighted by Gasteiger charge is 2.12. The highest BCUT2D eigenvalue weighted by Crippen LogP contribution is 2.18. The van der Waals surface area contributed by atoms with E-state index in [1.807, 2.05) is 0 Å². The molecule has 1 aromatic heterocycles. The van der Waals surface area contributed by atoms with Crippen LogP contribution in [0.25, 0.3) is 11.4 Å². The average molecular weight is 380 g/mol. The van der Waals surface area contributed by atoms with Crippen LogP contribution in [0.3, 0.4) is 0 Å². The van der Waals surface area contributed by atoms with Gasteiger partial charge in [-0.1, -0.05) is 23.4 Å². The summed E-state index contributed by atoms with van der Waals surface area (Å²) in [5.41, 5.74) is 4.44. The first-order valence-electron chi connectivity index (χ1n) is 9.34. The molecule has 28 heavy (non-hydrogen) atoms. The predicted octanol–water partition coefficient (Wildman–Crippen LogP) is 3.12. The largest absolute Gasteiger partial charge is 0.352 e. The van der Waals surface area contributed by atoms with Gasteiger partial charge in [0, 0.05) is 38.0 Å². The van der Waals surface area contributed by atoms with Gasteiger partial charge < -0.3 is 15.2 Å². The molecule has 3 aromatic rings. The van der Waals surface area contributed by atoms with E-state index in [1.54, 1.807) is 12.1 Å². The summed E-state index contributed by atoms with van der Waals surface area (Å²) >= 11 is 0. The van der Waals surface area contributed by atoms with Crippen LogP contribution < -0.4 is 10.6 Å². The van der Waals surface area contributed by atoms with Crippen molar-refractivity contribution in [1.82, 2.24) is 20.8 Å². The molecule has 0 aliphatic carbocycles. The van der Waals surface area contributed by atoms with Crippen LogP contribution in [0.15, 0.2) is 47.0 Å². The van der Waals surface area contributed by atoms with E-state index in [4.69, 9.17) is 4.52 Å². The summed E-state index contributed by atoms with van der Waals surface area (Å²) in [7, 11) is 0. The number of nitrogens with zero attached hydrogens (tertiary/aromatic N) is 2. The lowest BCUT2D eigenvalue weighted by molar-refractivity contribution is -0.121. The molecule has 0 fully saturated rings. The minimum absolute atomic E-state index is 0.00287. The van der Waals surface area contributed by atoms with E-state index in [9.17, 15) is 9.18 Å². The van der Waals surface area contributed by atoms with Gasteiger partial charge in [-0.2, -0.15) is 4.98 Å². The summed E-state index contributed by atoms with van der Waals surface area (Å²) < 4.78 is 18.2. The van der Waals surface area contributed by atoms with Crippen LogP contribution in [0.5, 0.6) is 0 Å². The Kier molecular flexibility index (Phi) is 5.43. The van der Waals surface area contributed by atoms with Crippen LogP contribution in [-0.4, -0.2) is 16.0 Å². The van der Waals surface area contributed by atoms with E-state index in [2.05, 4.69) is 39.0 Å². The van der Waals surface area contributed by atoms with Crippen LogP contribution in [0.4, 0.5) is 4.39 Å². The molecular weight excluding hydrogens is 359 g/mol. The standard InChI is InChI=1S/C21H21FN4O2/c22-18-8-6-15(7-9-18)21-25-20(28-26-21)3-1-2-19(27)24-11-14-4-5-16-12-23-13-17(16)10-14/h4-10,23H,1-3,11-13H2,(H,24,27). The molecule has 0 bridgehead atoms. The van der Waals surface area contributed by atoms with E-state index in [-0.39, 0.29) is 11.7 Å². The third-order valence-electron chi connectivity index (χ3n) is 4.76. The van der Waals surface area contributed by atoms with Crippen molar-refractivity contribution in [2.24, 2.45) is 0 Å². The second-order valence-electron chi connectivity index (χ2n) is 6.86. The molecule has 2 heterocycles. The van der Waals surface area contributed by atoms with Gasteiger partial charge in [-0.25, -0.2) is 4.39 Å². The number of rotatable bonds is 7. The fourth-order valence-corrected chi connectivity index (χ4v) is 3.22. The van der Waals surface area contributed by atoms with Gasteiger partial charge in [0.05, 0.1) is 0 Å². The molecule has 0 saturated carbocycles. The first-order chi connectivity index (χ1) is 13.7. The molecule has 6 nitrogen and oxygen atoms in total. The highest BCUT2D eigenvalue weighted by molar-refractivity contribution is 5.75. The Morgan fingerprint density at radius 1 is 1.14 bits per heavy atom. The zero-order valence-corrected chi connectivity index (χ0v) is 15.4. The topological polar surface area (TPSA) is 80.0 Å². The number of carbonyl (C=O) groups is 1. The number of aryl methyl sites for hydroxylation is 1. The van der Waals surface area contributed by atoms with Crippen molar-refractivity contribution in [3.8, 4) is 11.4 Å². The fraction of sp³-hybridized carbons (Fsp3) is 0.286. The normalized spacial score (nSPS) is 12.8. The van der Waals surface area contributed by atoms with Crippen LogP contribution in [0.1, 0.15) is 35.4 Å². The van der Waals surface area contributed by atoms with Crippen LogP contribution in [0.2, 0.25) is 0 Å². The zero-order valence-electron chi connectivity index (χ0n) is 15.4. The third kappa shape index (κ3) is 4.43. The molecule has 0 saturated heterocycles. The Morgan fingerprint density at radius 2 is 1.96 bits per heavy atom. The molecule has 144 valence electrons. The molecule has 4 rings (SSSR count). The number of hydrogen-bond donors (Lipinski definition) is 2. The molecule has 7 heteroatoms. The Hall–Kier alpha value is -3.06. The van der Waals surface area contributed by atoms with Gasteiger partial charge in [0.1, 0.15) is 5.82 Å². The second kappa shape index (κ2) is 8.31. The maximum Gasteiger partial charge on any atom is 0.226 e. The molecule has 2 aromatic carbocycles. The summed E-state index contributed by atoms with van der Waals surface area (Å²) in [6.07, 6.45) is 1.53. The number of benzene rings is 2. The number of halogens is 1. The minimum atomic E-state index is -0.310. The highest BCUT2D eigenvalue weighted by atomic mass is 19.1. The first-order valence-corrected chi connectivity index (χ1v) is 9.34. The van der Waals surface area contributed by atoms with Crippen molar-refractivity contribution in [3.63, 3.8) is 0 Å². The van der Waals surface area contributed by atoms with Gasteiger partial charge in [-0.05, 0) is 47.4 Å². The lowest BCUT2D eigenvalue weighted by Gasteiger charge is -2.06. The van der Waals surface area contributed by atoms with Crippen molar-refractivity contribution in [1.29, 1.82) is 0 Å². The van der Waals surface area contributed by atoms with Gasteiger partial charge in [0.2, 0.25) is 17.6 Å². The van der Waals surface area contributed by atoms with E-state index < -0.39 is 0 Å². The molecule has 1 aliphatic heterocycles. The van der Waals surface area contributed by atoms with E-state index in [0.29, 0.717) is 43.1 Å². The summed E-state index contributed by atoms with van der Waals surface area (Å²) in [5, 5.41) is 10.2. The maximum absolute atomic E-state index is 13.0. The van der Waals surface area contributed by atoms with Crippen molar-refractivity contribution in [3.05, 3.63) is 70.9 Å². The Balaban J connectivity index is 1.22. The monoisotopic (exact) mass is 380 g/mol. The van der Waals surface area contributed by atoms with Crippen molar-refractivity contribution in [2.45, 2.75) is 38.9 Å². The molecule has 1 aliphatic rings. The van der Waals surface area contributed by atoms with Gasteiger partial charge in [-0.3, -0.25) is 4.79 Å². The van der Waals surface area contributed by atoms with E-state index in [1.165, 1.54) is 23.3 Å². The average Bonchev–Trinajstić information content (AvgIpc) is 3.36. The molecule has 0 spiro atoms. The summed E-state index contributed by atoms with van der Waals surface area (Å²) in [4.78, 5) is 16.4. The third-order valence-corrected chi connectivity index (χ3v) is 4.76. The van der Waals surface area contributed by atoms with Gasteiger partial charge in [-0.15, -0.1) is 0 Å². The molecule has 0 unspecified atom stereocenters. The number of nitrogens with one attached hydrogen (secondary N) is 2. The maximum atomic E-state index is 13.0. The molecule has 1 amide bonds. The number of carbonyl (C=O) groups excluding carboxylic acids is 1. The SMILES string of the molecule is O=C(CCCc1nc(-c2ccc(F)cc2)no1)NCc1ccc2c(c1)CNC2. The Bertz CT molecular complexity index is 969. The van der Waals surface area contributed by atoms with Gasteiger partial charge in [0.15, 0.2) is 0 Å². The lowest BCUT2D eigenvalue weighted by atomic mass is 10.1. The number of hydrogen-bond acceptors (Lipinski definition) is 5. The van der Waals surface area contributed by atoms with Crippen molar-refractivity contribution in [2.75, 3.05) is 0 Å². The van der Waals surface area contributed by atoms with Crippen LogP contribution >= 0.6 is 0 Å². The summed E-state index contributed by atoms with van der Waals surface area (Å²) in [5.74, 6) is 0.579. The quantitative estimate of drug-likeness (QED) is 0.658. The molecular formula is C21H21FN4O2. The van der Waals surface area contributed by atoms with Crippen molar-refractivity contribution < 1.29 is 13.7 Å². The van der Waals surface area contributed by atoms with Gasteiger partial charge in [0.25, 0.3) is 0 Å². The van der Waals surface area contributed by atoms with E-state index in [0.717, 1.165) is 18.7 Å². The number of amides is 1. The second-order valence-corrected chi connectivity index (χ2v) is 6.86. The Labute approximate surface area is 162 Å². The number of aromatic nitrogens is 2. The molecule has 0 atom stereocenters. The lowest BCUT2D eigenvalue weighted by Crippen LogP contribution is -2.22. The molecule has 2 N–H and O–H groups in total. The van der Waals surface area contributed by atoms with Crippen molar-refractivity contribution >= 4 is 5.91 Å². The molecule has 0 radical (unpaired) electrons. The minimum Gasteiger partial charge on any atom is -0.352 e. The Morgan fingerprint density at radius 3 is 2.82 bits per heavy atom. The number of fused-ring (bicyclic) bond motifs is 1. The fourth-order valence-electron chi connectivity index (χ4n) is 3.22. The summed E-state index contributed by atoms with van der Waals surface area (Å²) in [6.45, 7) is 2.34. The first kappa shape index (κ1) is 18.3. The van der Waals surface area contributed by atoms with Crippen LogP contribution in [-0.2, 0) is 30.8 Å². The predicted molar refractivity (Wildman–Crippen MR) is 101 cm³/mol. The van der Waals surface area contributed by atoms with Crippen LogP contribution in [0, 0.1) is 5.82 Å². The van der Waals surface area contributed by atoms with E-state index >= 15 is 0 Å². The summed E-state index contributed by atoms with van der Waals surface area (Å²) in [6, 6.07) is 12.2. The zero-order chi connectivity index (χ0) is 19.3.